The Balaban J connectivity index is 1.55. The lowest BCUT2D eigenvalue weighted by Gasteiger charge is -2.11. The van der Waals surface area contributed by atoms with Crippen LogP contribution in [0.5, 0.6) is 11.5 Å². The summed E-state index contributed by atoms with van der Waals surface area (Å²) >= 11 is 0. The van der Waals surface area contributed by atoms with E-state index in [1.807, 2.05) is 42.5 Å². The van der Waals surface area contributed by atoms with Crippen molar-refractivity contribution in [2.45, 2.75) is 25.9 Å². The van der Waals surface area contributed by atoms with Crippen molar-refractivity contribution in [3.05, 3.63) is 77.6 Å². The lowest BCUT2D eigenvalue weighted by molar-refractivity contribution is -0.117. The van der Waals surface area contributed by atoms with Gasteiger partial charge in [0.15, 0.2) is 17.2 Å². The first kappa shape index (κ1) is 24.2. The second-order valence-corrected chi connectivity index (χ2v) is 9.01. The molecule has 0 atom stereocenters. The predicted octanol–water partition coefficient (Wildman–Crippen LogP) is 4.55. The first-order chi connectivity index (χ1) is 18.0. The molecule has 0 spiro atoms. The van der Waals surface area contributed by atoms with Gasteiger partial charge in [0.1, 0.15) is 5.65 Å². The standard InChI is InChI=1S/C28H28N4O5/c1-36-23-11-8-18(12-22(23)33)14-29-20-13-21-24(31-27(34)19-9-10-19)25(28(35)37-2)32(26(21)30-15-20)16-17-6-4-3-5-7-17/h3-8,11-13,15,19,29,33H,9-10,14,16H2,1-2H3,(H,31,34). The molecule has 37 heavy (non-hydrogen) atoms. The van der Waals surface area contributed by atoms with Gasteiger partial charge in [0.2, 0.25) is 5.91 Å². The molecule has 0 saturated heterocycles. The van der Waals surface area contributed by atoms with Crippen LogP contribution in [0.2, 0.25) is 0 Å². The number of esters is 1. The fourth-order valence-electron chi connectivity index (χ4n) is 4.30. The zero-order chi connectivity index (χ0) is 25.9. The number of ether oxygens (including phenoxy) is 2. The Labute approximate surface area is 214 Å². The fraction of sp³-hybridized carbons (Fsp3) is 0.250. The number of aromatic hydroxyl groups is 1. The van der Waals surface area contributed by atoms with Crippen molar-refractivity contribution in [1.29, 1.82) is 0 Å². The van der Waals surface area contributed by atoms with Crippen LogP contribution < -0.4 is 15.4 Å². The Hall–Kier alpha value is -4.53. The Morgan fingerprint density at radius 2 is 1.86 bits per heavy atom. The van der Waals surface area contributed by atoms with Gasteiger partial charge in [0.05, 0.1) is 31.8 Å². The van der Waals surface area contributed by atoms with E-state index in [-0.39, 0.29) is 23.3 Å². The number of nitrogens with zero attached hydrogens (tertiary/aromatic N) is 2. The van der Waals surface area contributed by atoms with Crippen LogP contribution in [0.3, 0.4) is 0 Å². The van der Waals surface area contributed by atoms with Gasteiger partial charge in [-0.25, -0.2) is 9.78 Å². The van der Waals surface area contributed by atoms with Crippen LogP contribution in [0, 0.1) is 5.92 Å². The number of anilines is 2. The molecule has 1 amide bonds. The molecule has 1 saturated carbocycles. The smallest absolute Gasteiger partial charge is 0.356 e. The number of amides is 1. The Kier molecular flexibility index (Phi) is 6.68. The van der Waals surface area contributed by atoms with Crippen molar-refractivity contribution in [2.24, 2.45) is 5.92 Å². The van der Waals surface area contributed by atoms with E-state index < -0.39 is 5.97 Å². The quantitative estimate of drug-likeness (QED) is 0.289. The van der Waals surface area contributed by atoms with Gasteiger partial charge in [0, 0.05) is 24.4 Å². The lowest BCUT2D eigenvalue weighted by atomic mass is 10.2. The van der Waals surface area contributed by atoms with Crippen molar-refractivity contribution < 1.29 is 24.2 Å². The largest absolute Gasteiger partial charge is 0.504 e. The summed E-state index contributed by atoms with van der Waals surface area (Å²) in [7, 11) is 2.82. The van der Waals surface area contributed by atoms with Crippen molar-refractivity contribution in [2.75, 3.05) is 24.9 Å². The molecular weight excluding hydrogens is 472 g/mol. The van der Waals surface area contributed by atoms with E-state index in [0.29, 0.717) is 41.2 Å². The summed E-state index contributed by atoms with van der Waals surface area (Å²) in [6, 6.07) is 16.8. The number of hydrogen-bond donors (Lipinski definition) is 3. The number of methoxy groups -OCH3 is 2. The van der Waals surface area contributed by atoms with Gasteiger partial charge in [-0.15, -0.1) is 0 Å². The highest BCUT2D eigenvalue weighted by Crippen LogP contribution is 2.36. The molecule has 0 unspecified atom stereocenters. The van der Waals surface area contributed by atoms with Gasteiger partial charge < -0.3 is 29.8 Å². The number of aromatic nitrogens is 2. The number of carbonyl (C=O) groups is 2. The minimum absolute atomic E-state index is 0.0463. The van der Waals surface area contributed by atoms with Crippen molar-refractivity contribution >= 4 is 34.3 Å². The van der Waals surface area contributed by atoms with Crippen molar-refractivity contribution in [3.8, 4) is 11.5 Å². The number of rotatable bonds is 9. The number of benzene rings is 2. The topological polar surface area (TPSA) is 115 Å². The maximum absolute atomic E-state index is 13.0. The summed E-state index contributed by atoms with van der Waals surface area (Å²) in [6.45, 7) is 0.801. The number of phenolic OH excluding ortho intramolecular Hbond substituents is 1. The molecule has 3 N–H and O–H groups in total. The van der Waals surface area contributed by atoms with Crippen LogP contribution in [0.15, 0.2) is 60.8 Å². The number of hydrogen-bond acceptors (Lipinski definition) is 7. The average Bonchev–Trinajstić information content (AvgIpc) is 3.73. The first-order valence-corrected chi connectivity index (χ1v) is 12.0. The molecule has 0 bridgehead atoms. The van der Waals surface area contributed by atoms with E-state index in [4.69, 9.17) is 9.47 Å². The molecule has 4 aromatic rings. The molecule has 1 aliphatic rings. The van der Waals surface area contributed by atoms with Gasteiger partial charge in [-0.05, 0) is 42.2 Å². The van der Waals surface area contributed by atoms with Crippen LogP contribution in [-0.4, -0.2) is 40.8 Å². The van der Waals surface area contributed by atoms with Crippen LogP contribution in [0.25, 0.3) is 11.0 Å². The fourth-order valence-corrected chi connectivity index (χ4v) is 4.30. The monoisotopic (exact) mass is 500 g/mol. The third-order valence-corrected chi connectivity index (χ3v) is 6.40. The minimum Gasteiger partial charge on any atom is -0.504 e. The summed E-state index contributed by atoms with van der Waals surface area (Å²) in [5, 5.41) is 17.0. The third-order valence-electron chi connectivity index (χ3n) is 6.40. The van der Waals surface area contributed by atoms with Crippen LogP contribution in [-0.2, 0) is 22.6 Å². The number of carbonyl (C=O) groups excluding carboxylic acids is 2. The SMILES string of the molecule is COC(=O)c1c(NC(=O)C2CC2)c2cc(NCc3ccc(OC)c(O)c3)cnc2n1Cc1ccccc1. The van der Waals surface area contributed by atoms with Crippen LogP contribution in [0.4, 0.5) is 11.4 Å². The summed E-state index contributed by atoms with van der Waals surface area (Å²) in [5.41, 5.74) is 3.72. The van der Waals surface area contributed by atoms with E-state index in [9.17, 15) is 14.7 Å². The Bertz CT molecular complexity index is 1460. The molecule has 2 aromatic heterocycles. The summed E-state index contributed by atoms with van der Waals surface area (Å²) in [4.78, 5) is 30.4. The van der Waals surface area contributed by atoms with Gasteiger partial charge >= 0.3 is 5.97 Å². The Morgan fingerprint density at radius 1 is 1.08 bits per heavy atom. The van der Waals surface area contributed by atoms with Crippen LogP contribution >= 0.6 is 0 Å². The lowest BCUT2D eigenvalue weighted by Crippen LogP contribution is -2.18. The first-order valence-electron chi connectivity index (χ1n) is 12.0. The molecule has 0 aliphatic heterocycles. The molecule has 2 heterocycles. The normalized spacial score (nSPS) is 12.8. The van der Waals surface area contributed by atoms with Crippen LogP contribution in [0.1, 0.15) is 34.5 Å². The van der Waals surface area contributed by atoms with E-state index in [1.165, 1.54) is 14.2 Å². The van der Waals surface area contributed by atoms with Crippen molar-refractivity contribution in [3.63, 3.8) is 0 Å². The zero-order valence-electron chi connectivity index (χ0n) is 20.7. The van der Waals surface area contributed by atoms with E-state index in [2.05, 4.69) is 15.6 Å². The number of fused-ring (bicyclic) bond motifs is 1. The molecule has 9 heteroatoms. The zero-order valence-corrected chi connectivity index (χ0v) is 20.7. The van der Waals surface area contributed by atoms with E-state index in [1.54, 1.807) is 22.9 Å². The molecule has 1 aliphatic carbocycles. The third kappa shape index (κ3) is 5.06. The maximum Gasteiger partial charge on any atom is 0.356 e. The van der Waals surface area contributed by atoms with Gasteiger partial charge in [-0.1, -0.05) is 36.4 Å². The predicted molar refractivity (Wildman–Crippen MR) is 140 cm³/mol. The second kappa shape index (κ2) is 10.2. The van der Waals surface area contributed by atoms with Gasteiger partial charge in [-0.3, -0.25) is 4.79 Å². The average molecular weight is 501 g/mol. The van der Waals surface area contributed by atoms with Crippen molar-refractivity contribution in [1.82, 2.24) is 9.55 Å². The summed E-state index contributed by atoms with van der Waals surface area (Å²) in [5.74, 6) is -0.256. The molecular formula is C28H28N4O5. The number of pyridine rings is 1. The molecule has 190 valence electrons. The second-order valence-electron chi connectivity index (χ2n) is 9.01. The number of nitrogens with one attached hydrogen (secondary N) is 2. The molecule has 0 radical (unpaired) electrons. The molecule has 2 aromatic carbocycles. The highest BCUT2D eigenvalue weighted by atomic mass is 16.5. The minimum atomic E-state index is -0.553. The highest BCUT2D eigenvalue weighted by Gasteiger charge is 2.33. The van der Waals surface area contributed by atoms with E-state index in [0.717, 1.165) is 24.0 Å². The highest BCUT2D eigenvalue weighted by molar-refractivity contribution is 6.11. The molecule has 1 fully saturated rings. The van der Waals surface area contributed by atoms with E-state index >= 15 is 0 Å². The molecule has 9 nitrogen and oxygen atoms in total. The molecule has 5 rings (SSSR count). The summed E-state index contributed by atoms with van der Waals surface area (Å²) in [6.07, 6.45) is 3.35. The summed E-state index contributed by atoms with van der Waals surface area (Å²) < 4.78 is 12.0. The van der Waals surface area contributed by atoms with Gasteiger partial charge in [0.25, 0.3) is 0 Å². The number of phenols is 1. The van der Waals surface area contributed by atoms with Gasteiger partial charge in [-0.2, -0.15) is 0 Å². The maximum atomic E-state index is 13.0. The Morgan fingerprint density at radius 3 is 2.54 bits per heavy atom.